The van der Waals surface area contributed by atoms with Crippen molar-refractivity contribution in [2.45, 2.75) is 12.5 Å². The highest BCUT2D eigenvalue weighted by atomic mass is 19.4. The van der Waals surface area contributed by atoms with E-state index >= 15 is 0 Å². The molecule has 0 unspecified atom stereocenters. The Labute approximate surface area is 162 Å². The van der Waals surface area contributed by atoms with Crippen molar-refractivity contribution in [2.75, 3.05) is 0 Å². The molecule has 0 fully saturated rings. The van der Waals surface area contributed by atoms with Gasteiger partial charge >= 0.3 is 6.36 Å². The molecule has 0 radical (unpaired) electrons. The molecule has 2 heterocycles. The van der Waals surface area contributed by atoms with Gasteiger partial charge in [0.15, 0.2) is 0 Å². The average Bonchev–Trinajstić information content (AvgIpc) is 3.31. The molecular formula is C18H14F3N5O3. The van der Waals surface area contributed by atoms with Crippen LogP contribution < -0.4 is 15.0 Å². The number of halogens is 3. The molecule has 1 atom stereocenters. The van der Waals surface area contributed by atoms with Crippen LogP contribution >= 0.6 is 0 Å². The number of alkyl halides is 3. The van der Waals surface area contributed by atoms with Crippen LogP contribution in [0, 0.1) is 0 Å². The number of nitrogens with one attached hydrogen (secondary N) is 1. The average molecular weight is 405 g/mol. The van der Waals surface area contributed by atoms with Gasteiger partial charge in [0.1, 0.15) is 17.6 Å². The number of aryl methyl sites for hydroxylation is 1. The molecule has 0 bridgehead atoms. The lowest BCUT2D eigenvalue weighted by Crippen LogP contribution is -2.17. The van der Waals surface area contributed by atoms with Gasteiger partial charge in [0, 0.05) is 11.6 Å². The Morgan fingerprint density at radius 1 is 1.03 bits per heavy atom. The van der Waals surface area contributed by atoms with Crippen LogP contribution in [0.1, 0.15) is 11.7 Å². The highest BCUT2D eigenvalue weighted by Crippen LogP contribution is 2.29. The zero-order valence-corrected chi connectivity index (χ0v) is 14.9. The second-order valence-corrected chi connectivity index (χ2v) is 6.02. The van der Waals surface area contributed by atoms with E-state index in [9.17, 15) is 13.2 Å². The van der Waals surface area contributed by atoms with Crippen molar-refractivity contribution < 1.29 is 27.5 Å². The van der Waals surface area contributed by atoms with E-state index in [-0.39, 0.29) is 5.75 Å². The predicted octanol–water partition coefficient (Wildman–Crippen LogP) is 3.27. The second-order valence-electron chi connectivity index (χ2n) is 6.02. The highest BCUT2D eigenvalue weighted by molar-refractivity contribution is 5.55. The second kappa shape index (κ2) is 7.43. The summed E-state index contributed by atoms with van der Waals surface area (Å²) < 4.78 is 46.2. The molecule has 3 aromatic rings. The lowest BCUT2D eigenvalue weighted by atomic mass is 10.1. The Bertz CT molecular complexity index is 1020. The number of tetrazole rings is 1. The van der Waals surface area contributed by atoms with E-state index in [2.05, 4.69) is 25.6 Å². The number of benzene rings is 2. The van der Waals surface area contributed by atoms with Crippen molar-refractivity contribution in [2.24, 2.45) is 7.05 Å². The topological polar surface area (TPSA) is 83.3 Å². The third-order valence-corrected chi connectivity index (χ3v) is 3.88. The SMILES string of the molecule is Cn1nnc(-c2ccc(OC3=C[C@@H](c4ccc(OC(F)(F)F)cc4)ON3)cc2)n1. The van der Waals surface area contributed by atoms with E-state index in [1.165, 1.54) is 29.1 Å². The van der Waals surface area contributed by atoms with Crippen LogP contribution in [0.2, 0.25) is 0 Å². The number of hydrogen-bond acceptors (Lipinski definition) is 7. The normalized spacial score (nSPS) is 16.3. The van der Waals surface area contributed by atoms with E-state index in [0.717, 1.165) is 5.56 Å². The molecule has 0 saturated heterocycles. The summed E-state index contributed by atoms with van der Waals surface area (Å²) in [6.07, 6.45) is -3.59. The van der Waals surface area contributed by atoms with Crippen molar-refractivity contribution in [3.8, 4) is 22.9 Å². The molecule has 1 aromatic heterocycles. The van der Waals surface area contributed by atoms with Gasteiger partial charge in [0.05, 0.1) is 7.05 Å². The Balaban J connectivity index is 1.40. The Morgan fingerprint density at radius 3 is 2.34 bits per heavy atom. The fraction of sp³-hybridized carbons (Fsp3) is 0.167. The van der Waals surface area contributed by atoms with Gasteiger partial charge in [-0.2, -0.15) is 4.80 Å². The van der Waals surface area contributed by atoms with Crippen molar-refractivity contribution in [3.63, 3.8) is 0 Å². The van der Waals surface area contributed by atoms with Gasteiger partial charge in [-0.1, -0.05) is 12.1 Å². The maximum atomic E-state index is 12.2. The molecule has 8 nitrogen and oxygen atoms in total. The molecule has 0 saturated carbocycles. The van der Waals surface area contributed by atoms with E-state index in [0.29, 0.717) is 23.0 Å². The third-order valence-electron chi connectivity index (χ3n) is 3.88. The maximum absolute atomic E-state index is 12.2. The zero-order chi connectivity index (χ0) is 20.4. The van der Waals surface area contributed by atoms with Gasteiger partial charge < -0.3 is 9.47 Å². The summed E-state index contributed by atoms with van der Waals surface area (Å²) >= 11 is 0. The van der Waals surface area contributed by atoms with Crippen molar-refractivity contribution in [1.29, 1.82) is 0 Å². The fourth-order valence-electron chi connectivity index (χ4n) is 2.60. The summed E-state index contributed by atoms with van der Waals surface area (Å²) in [5, 5.41) is 11.8. The Kier molecular flexibility index (Phi) is 4.80. The van der Waals surface area contributed by atoms with Crippen LogP contribution in [0.5, 0.6) is 11.5 Å². The summed E-state index contributed by atoms with van der Waals surface area (Å²) in [6.45, 7) is 0. The van der Waals surface area contributed by atoms with Crippen LogP contribution in [-0.2, 0) is 11.9 Å². The highest BCUT2D eigenvalue weighted by Gasteiger charge is 2.31. The van der Waals surface area contributed by atoms with E-state index in [4.69, 9.17) is 9.57 Å². The van der Waals surface area contributed by atoms with Gasteiger partial charge in [0.2, 0.25) is 11.7 Å². The molecular weight excluding hydrogens is 391 g/mol. The first-order valence-electron chi connectivity index (χ1n) is 8.37. The zero-order valence-electron chi connectivity index (χ0n) is 14.9. The van der Waals surface area contributed by atoms with Crippen LogP contribution in [-0.4, -0.2) is 26.6 Å². The van der Waals surface area contributed by atoms with Gasteiger partial charge in [-0.15, -0.1) is 23.4 Å². The molecule has 2 aromatic carbocycles. The van der Waals surface area contributed by atoms with E-state index in [1.807, 2.05) is 0 Å². The molecule has 0 amide bonds. The lowest BCUT2D eigenvalue weighted by molar-refractivity contribution is -0.274. The fourth-order valence-corrected chi connectivity index (χ4v) is 2.60. The maximum Gasteiger partial charge on any atom is 0.573 e. The lowest BCUT2D eigenvalue weighted by Gasteiger charge is -2.11. The molecule has 1 aliphatic heterocycles. The minimum atomic E-state index is -4.73. The van der Waals surface area contributed by atoms with Gasteiger partial charge in [-0.3, -0.25) is 4.84 Å². The quantitative estimate of drug-likeness (QED) is 0.698. The minimum absolute atomic E-state index is 0.301. The molecule has 150 valence electrons. The van der Waals surface area contributed by atoms with Crippen molar-refractivity contribution in [1.82, 2.24) is 25.7 Å². The number of nitrogens with zero attached hydrogens (tertiary/aromatic N) is 4. The van der Waals surface area contributed by atoms with Crippen molar-refractivity contribution in [3.05, 3.63) is 66.1 Å². The molecule has 1 aliphatic rings. The summed E-state index contributed by atoms with van der Waals surface area (Å²) in [4.78, 5) is 6.77. The van der Waals surface area contributed by atoms with E-state index < -0.39 is 12.5 Å². The Morgan fingerprint density at radius 2 is 1.72 bits per heavy atom. The Hall–Kier alpha value is -3.60. The first-order valence-corrected chi connectivity index (χ1v) is 8.37. The molecule has 11 heteroatoms. The van der Waals surface area contributed by atoms with Crippen LogP contribution in [0.4, 0.5) is 13.2 Å². The van der Waals surface area contributed by atoms with Gasteiger partial charge in [0.25, 0.3) is 0 Å². The van der Waals surface area contributed by atoms with Gasteiger partial charge in [-0.25, -0.2) is 5.48 Å². The smallest absolute Gasteiger partial charge is 0.439 e. The summed E-state index contributed by atoms with van der Waals surface area (Å²) in [5.41, 5.74) is 4.07. The number of hydrogen-bond donors (Lipinski definition) is 1. The summed E-state index contributed by atoms with van der Waals surface area (Å²) in [5.74, 6) is 1.11. The third kappa shape index (κ3) is 4.63. The molecule has 0 aliphatic carbocycles. The minimum Gasteiger partial charge on any atom is -0.439 e. The number of ether oxygens (including phenoxy) is 2. The number of aromatic nitrogens is 4. The largest absolute Gasteiger partial charge is 0.573 e. The molecule has 29 heavy (non-hydrogen) atoms. The first kappa shape index (κ1) is 18.7. The van der Waals surface area contributed by atoms with Crippen LogP contribution in [0.3, 0.4) is 0 Å². The predicted molar refractivity (Wildman–Crippen MR) is 93.0 cm³/mol. The number of rotatable bonds is 5. The standard InChI is InChI=1S/C18H14F3N5O3/c1-26-23-17(22-25-26)12-4-6-13(7-5-12)27-16-10-15(29-24-16)11-2-8-14(9-3-11)28-18(19,20)21/h2-10,15,24H,1H3/t15-/m0/s1. The summed E-state index contributed by atoms with van der Waals surface area (Å²) in [7, 11) is 1.68. The van der Waals surface area contributed by atoms with Crippen LogP contribution in [0.15, 0.2) is 60.5 Å². The molecule has 4 rings (SSSR count). The number of hydroxylamine groups is 1. The first-order chi connectivity index (χ1) is 13.9. The van der Waals surface area contributed by atoms with Crippen molar-refractivity contribution >= 4 is 0 Å². The summed E-state index contributed by atoms with van der Waals surface area (Å²) in [6, 6.07) is 12.5. The monoisotopic (exact) mass is 405 g/mol. The van der Waals surface area contributed by atoms with Crippen LogP contribution in [0.25, 0.3) is 11.4 Å². The van der Waals surface area contributed by atoms with Gasteiger partial charge in [-0.05, 0) is 47.2 Å². The van der Waals surface area contributed by atoms with E-state index in [1.54, 1.807) is 37.4 Å². The molecule has 0 spiro atoms. The molecule has 1 N–H and O–H groups in total.